The zero-order valence-electron chi connectivity index (χ0n) is 11.8. The number of ether oxygens (including phenoxy) is 1. The monoisotopic (exact) mass is 286 g/mol. The Labute approximate surface area is 121 Å². The van der Waals surface area contributed by atoms with E-state index in [1.807, 2.05) is 0 Å². The number of hydrogen-bond acceptors (Lipinski definition) is 4. The highest BCUT2D eigenvalue weighted by molar-refractivity contribution is 5.96. The first kappa shape index (κ1) is 13.7. The molecule has 0 saturated heterocycles. The van der Waals surface area contributed by atoms with E-state index in [9.17, 15) is 14.7 Å². The highest BCUT2D eigenvalue weighted by Crippen LogP contribution is 2.36. The van der Waals surface area contributed by atoms with Crippen LogP contribution >= 0.6 is 0 Å². The van der Waals surface area contributed by atoms with Gasteiger partial charge in [0.1, 0.15) is 0 Å². The lowest BCUT2D eigenvalue weighted by molar-refractivity contribution is -0.308. The number of carboxylic acids is 1. The third kappa shape index (κ3) is 2.28. The van der Waals surface area contributed by atoms with Crippen LogP contribution in [0.15, 0.2) is 18.2 Å². The number of carbonyl (C=O) groups is 2. The fourth-order valence-corrected chi connectivity index (χ4v) is 3.04. The molecule has 1 aromatic heterocycles. The Bertz CT molecular complexity index is 716. The largest absolute Gasteiger partial charge is 0.549 e. The maximum Gasteiger partial charge on any atom is 0.338 e. The predicted molar refractivity (Wildman–Crippen MR) is 74.9 cm³/mol. The van der Waals surface area contributed by atoms with Crippen LogP contribution in [0.1, 0.15) is 47.3 Å². The van der Waals surface area contributed by atoms with Gasteiger partial charge in [-0.1, -0.05) is 0 Å². The highest BCUT2D eigenvalue weighted by Gasteiger charge is 2.25. The number of H-pyrrole nitrogens is 1. The fourth-order valence-electron chi connectivity index (χ4n) is 3.04. The van der Waals surface area contributed by atoms with Crippen molar-refractivity contribution in [1.29, 1.82) is 0 Å². The molecule has 0 saturated carbocycles. The van der Waals surface area contributed by atoms with Gasteiger partial charge in [0, 0.05) is 22.5 Å². The molecule has 0 aliphatic heterocycles. The summed E-state index contributed by atoms with van der Waals surface area (Å²) in [5.74, 6) is -2.00. The molecule has 5 nitrogen and oxygen atoms in total. The first-order valence-corrected chi connectivity index (χ1v) is 7.14. The second-order valence-electron chi connectivity index (χ2n) is 5.26. The van der Waals surface area contributed by atoms with Gasteiger partial charge in [-0.05, 0) is 49.9 Å². The Morgan fingerprint density at radius 3 is 2.95 bits per heavy atom. The topological polar surface area (TPSA) is 82.2 Å². The Kier molecular flexibility index (Phi) is 3.41. The quantitative estimate of drug-likeness (QED) is 0.867. The van der Waals surface area contributed by atoms with Crippen LogP contribution in [0.4, 0.5) is 0 Å². The van der Waals surface area contributed by atoms with E-state index in [4.69, 9.17) is 4.74 Å². The molecule has 1 aromatic carbocycles. The summed E-state index contributed by atoms with van der Waals surface area (Å²) in [6, 6.07) is 5.27. The van der Waals surface area contributed by atoms with Crippen molar-refractivity contribution in [2.24, 2.45) is 0 Å². The van der Waals surface area contributed by atoms with Crippen LogP contribution < -0.4 is 5.11 Å². The lowest BCUT2D eigenvalue weighted by Crippen LogP contribution is -2.31. The van der Waals surface area contributed by atoms with Gasteiger partial charge in [-0.3, -0.25) is 0 Å². The summed E-state index contributed by atoms with van der Waals surface area (Å²) in [7, 11) is 0. The van der Waals surface area contributed by atoms with E-state index >= 15 is 0 Å². The van der Waals surface area contributed by atoms with E-state index in [1.54, 1.807) is 25.1 Å². The van der Waals surface area contributed by atoms with E-state index < -0.39 is 11.9 Å². The van der Waals surface area contributed by atoms with Crippen LogP contribution in [0, 0.1) is 0 Å². The van der Waals surface area contributed by atoms with Crippen LogP contribution in [0.3, 0.4) is 0 Å². The number of carboxylic acid groups (broad SMARTS) is 1. The normalized spacial score (nSPS) is 17.5. The zero-order chi connectivity index (χ0) is 15.0. The minimum absolute atomic E-state index is 0.328. The Morgan fingerprint density at radius 1 is 1.43 bits per heavy atom. The molecule has 1 N–H and O–H groups in total. The molecule has 1 heterocycles. The van der Waals surface area contributed by atoms with Crippen molar-refractivity contribution in [1.82, 2.24) is 4.98 Å². The molecule has 21 heavy (non-hydrogen) atoms. The smallest absolute Gasteiger partial charge is 0.338 e. The van der Waals surface area contributed by atoms with Crippen LogP contribution in [0.5, 0.6) is 0 Å². The number of aromatic nitrogens is 1. The molecule has 0 spiro atoms. The molecule has 2 aromatic rings. The molecular formula is C16H16NO4-. The second-order valence-corrected chi connectivity index (χ2v) is 5.26. The minimum atomic E-state index is -1.05. The highest BCUT2D eigenvalue weighted by atomic mass is 16.5. The predicted octanol–water partition coefficient (Wildman–Crippen LogP) is 1.51. The van der Waals surface area contributed by atoms with Crippen molar-refractivity contribution in [2.75, 3.05) is 6.61 Å². The summed E-state index contributed by atoms with van der Waals surface area (Å²) < 4.78 is 5.00. The summed E-state index contributed by atoms with van der Waals surface area (Å²) in [6.07, 6.45) is 2.21. The first-order valence-electron chi connectivity index (χ1n) is 7.14. The Morgan fingerprint density at radius 2 is 2.24 bits per heavy atom. The van der Waals surface area contributed by atoms with E-state index in [0.29, 0.717) is 18.6 Å². The first-order chi connectivity index (χ1) is 10.1. The number of aryl methyl sites for hydroxylation is 1. The van der Waals surface area contributed by atoms with Crippen molar-refractivity contribution in [3.05, 3.63) is 35.0 Å². The van der Waals surface area contributed by atoms with Gasteiger partial charge < -0.3 is 19.6 Å². The lowest BCUT2D eigenvalue weighted by atomic mass is 9.87. The van der Waals surface area contributed by atoms with Gasteiger partial charge in [0.25, 0.3) is 0 Å². The summed E-state index contributed by atoms with van der Waals surface area (Å²) in [4.78, 5) is 26.2. The number of benzene rings is 1. The van der Waals surface area contributed by atoms with Crippen molar-refractivity contribution < 1.29 is 19.4 Å². The van der Waals surface area contributed by atoms with Crippen LogP contribution in [-0.4, -0.2) is 23.5 Å². The van der Waals surface area contributed by atoms with Crippen LogP contribution in [-0.2, 0) is 16.0 Å². The van der Waals surface area contributed by atoms with E-state index in [1.165, 1.54) is 0 Å². The molecule has 0 radical (unpaired) electrons. The maximum absolute atomic E-state index is 11.8. The fraction of sp³-hybridized carbons (Fsp3) is 0.375. The van der Waals surface area contributed by atoms with Gasteiger partial charge in [-0.25, -0.2) is 4.79 Å². The molecule has 0 fully saturated rings. The number of esters is 1. The molecule has 5 heteroatoms. The van der Waals surface area contributed by atoms with Crippen molar-refractivity contribution in [2.45, 2.75) is 32.1 Å². The number of fused-ring (bicyclic) bond motifs is 3. The summed E-state index contributed by atoms with van der Waals surface area (Å²) in [5.41, 5.74) is 3.04. The van der Waals surface area contributed by atoms with Gasteiger partial charge in [-0.15, -0.1) is 0 Å². The van der Waals surface area contributed by atoms with Gasteiger partial charge in [0.2, 0.25) is 0 Å². The summed E-state index contributed by atoms with van der Waals surface area (Å²) in [6.45, 7) is 2.09. The molecule has 1 atom stereocenters. The molecule has 0 bridgehead atoms. The minimum Gasteiger partial charge on any atom is -0.549 e. The van der Waals surface area contributed by atoms with Crippen molar-refractivity contribution in [3.8, 4) is 0 Å². The Balaban J connectivity index is 2.10. The van der Waals surface area contributed by atoms with Gasteiger partial charge in [0.15, 0.2) is 0 Å². The van der Waals surface area contributed by atoms with E-state index in [-0.39, 0.29) is 5.97 Å². The van der Waals surface area contributed by atoms with Gasteiger partial charge in [0.05, 0.1) is 18.1 Å². The number of rotatable bonds is 3. The molecule has 1 aliphatic carbocycles. The molecule has 110 valence electrons. The van der Waals surface area contributed by atoms with E-state index in [0.717, 1.165) is 35.0 Å². The average Bonchev–Trinajstić information content (AvgIpc) is 2.84. The number of nitrogens with one attached hydrogen (secondary N) is 1. The summed E-state index contributed by atoms with van der Waals surface area (Å²) in [5, 5.41) is 12.2. The number of hydrogen-bond donors (Lipinski definition) is 1. The zero-order valence-corrected chi connectivity index (χ0v) is 11.8. The number of aliphatic carboxylic acids is 1. The molecule has 1 aliphatic rings. The second kappa shape index (κ2) is 5.24. The van der Waals surface area contributed by atoms with E-state index in [2.05, 4.69) is 4.98 Å². The molecule has 0 unspecified atom stereocenters. The lowest BCUT2D eigenvalue weighted by Gasteiger charge is -2.23. The SMILES string of the molecule is CCOC(=O)c1ccc2[nH]c3c(c2c1)CCC[C@@H]3C(=O)[O-]. The molecule has 3 rings (SSSR count). The maximum atomic E-state index is 11.8. The van der Waals surface area contributed by atoms with Crippen LogP contribution in [0.2, 0.25) is 0 Å². The van der Waals surface area contributed by atoms with Gasteiger partial charge in [-0.2, -0.15) is 0 Å². The third-order valence-electron chi connectivity index (χ3n) is 4.00. The molecular weight excluding hydrogens is 270 g/mol. The average molecular weight is 286 g/mol. The standard InChI is InChI=1S/C16H17NO4/c1-2-21-16(20)9-6-7-13-12(8-9)10-4-3-5-11(15(18)19)14(10)17-13/h6-8,11,17H,2-5H2,1H3,(H,18,19)/p-1/t11-/m0/s1. The van der Waals surface area contributed by atoms with Gasteiger partial charge >= 0.3 is 5.97 Å². The Hall–Kier alpha value is -2.30. The number of aromatic amines is 1. The molecule has 0 amide bonds. The van der Waals surface area contributed by atoms with Crippen molar-refractivity contribution >= 4 is 22.8 Å². The number of carbonyl (C=O) groups excluding carboxylic acids is 2. The third-order valence-corrected chi connectivity index (χ3v) is 4.00. The van der Waals surface area contributed by atoms with Crippen molar-refractivity contribution in [3.63, 3.8) is 0 Å². The summed E-state index contributed by atoms with van der Waals surface area (Å²) >= 11 is 0. The van der Waals surface area contributed by atoms with Crippen LogP contribution in [0.25, 0.3) is 10.9 Å².